The van der Waals surface area contributed by atoms with Gasteiger partial charge in [0.2, 0.25) is 0 Å². The number of aromatic amines is 1. The molecule has 0 saturated heterocycles. The van der Waals surface area contributed by atoms with Crippen molar-refractivity contribution >= 4 is 11.6 Å². The first-order valence-electron chi connectivity index (χ1n) is 2.99. The fourth-order valence-corrected chi connectivity index (χ4v) is 1.11. The van der Waals surface area contributed by atoms with Crippen LogP contribution >= 0.6 is 11.6 Å². The minimum atomic E-state index is -0.0880. The van der Waals surface area contributed by atoms with Gasteiger partial charge in [-0.2, -0.15) is 0 Å². The SMILES string of the molecule is Cc1cc[nH]c(=O)c1CCl. The molecule has 10 heavy (non-hydrogen) atoms. The van der Waals surface area contributed by atoms with Crippen molar-refractivity contribution in [3.8, 4) is 0 Å². The zero-order valence-electron chi connectivity index (χ0n) is 5.65. The Bertz CT molecular complexity index is 279. The maximum absolute atomic E-state index is 10.9. The largest absolute Gasteiger partial charge is 0.329 e. The van der Waals surface area contributed by atoms with Crippen LogP contribution in [0.4, 0.5) is 0 Å². The third-order valence-electron chi connectivity index (χ3n) is 1.43. The number of nitrogens with one attached hydrogen (secondary N) is 1. The molecule has 0 fully saturated rings. The molecule has 54 valence electrons. The van der Waals surface area contributed by atoms with E-state index < -0.39 is 0 Å². The first-order chi connectivity index (χ1) is 4.75. The number of aromatic nitrogens is 1. The van der Waals surface area contributed by atoms with Crippen LogP contribution < -0.4 is 5.56 Å². The summed E-state index contributed by atoms with van der Waals surface area (Å²) in [5.74, 6) is 0.280. The second kappa shape index (κ2) is 2.88. The van der Waals surface area contributed by atoms with Crippen LogP contribution in [0.3, 0.4) is 0 Å². The normalized spacial score (nSPS) is 9.80. The first-order valence-corrected chi connectivity index (χ1v) is 3.52. The van der Waals surface area contributed by atoms with Gasteiger partial charge >= 0.3 is 0 Å². The van der Waals surface area contributed by atoms with Crippen LogP contribution in [0.15, 0.2) is 17.1 Å². The molecule has 0 saturated carbocycles. The molecular formula is C7H8ClNO. The van der Waals surface area contributed by atoms with E-state index in [0.717, 1.165) is 5.56 Å². The predicted octanol–water partition coefficient (Wildman–Crippen LogP) is 1.42. The van der Waals surface area contributed by atoms with Crippen LogP contribution in [0.5, 0.6) is 0 Å². The number of pyridine rings is 1. The monoisotopic (exact) mass is 157 g/mol. The Morgan fingerprint density at radius 2 is 2.40 bits per heavy atom. The van der Waals surface area contributed by atoms with Crippen molar-refractivity contribution in [3.05, 3.63) is 33.7 Å². The van der Waals surface area contributed by atoms with Crippen molar-refractivity contribution in [2.45, 2.75) is 12.8 Å². The molecule has 1 N–H and O–H groups in total. The van der Waals surface area contributed by atoms with Crippen LogP contribution in [-0.2, 0) is 5.88 Å². The molecular weight excluding hydrogens is 150 g/mol. The van der Waals surface area contributed by atoms with Gasteiger partial charge in [0.05, 0.1) is 5.88 Å². The Morgan fingerprint density at radius 3 is 2.80 bits per heavy atom. The van der Waals surface area contributed by atoms with Gasteiger partial charge in [0.1, 0.15) is 0 Å². The van der Waals surface area contributed by atoms with E-state index in [9.17, 15) is 4.79 Å². The summed E-state index contributed by atoms with van der Waals surface area (Å²) >= 11 is 5.52. The van der Waals surface area contributed by atoms with Gasteiger partial charge in [-0.15, -0.1) is 11.6 Å². The zero-order chi connectivity index (χ0) is 7.56. The molecule has 0 amide bonds. The van der Waals surface area contributed by atoms with Gasteiger partial charge in [0, 0.05) is 11.8 Å². The number of H-pyrrole nitrogens is 1. The van der Waals surface area contributed by atoms with Crippen molar-refractivity contribution in [2.24, 2.45) is 0 Å². The molecule has 2 nitrogen and oxygen atoms in total. The fourth-order valence-electron chi connectivity index (χ4n) is 0.775. The van der Waals surface area contributed by atoms with E-state index in [1.807, 2.05) is 13.0 Å². The van der Waals surface area contributed by atoms with Gasteiger partial charge < -0.3 is 4.98 Å². The average Bonchev–Trinajstić information content (AvgIpc) is 1.88. The molecule has 0 aliphatic rings. The Hall–Kier alpha value is -0.760. The molecule has 0 aliphatic carbocycles. The quantitative estimate of drug-likeness (QED) is 0.615. The lowest BCUT2D eigenvalue weighted by atomic mass is 10.2. The molecule has 1 rings (SSSR count). The lowest BCUT2D eigenvalue weighted by molar-refractivity contribution is 1.13. The van der Waals surface area contributed by atoms with Crippen molar-refractivity contribution < 1.29 is 0 Å². The maximum atomic E-state index is 10.9. The van der Waals surface area contributed by atoms with Gasteiger partial charge in [0.25, 0.3) is 5.56 Å². The number of aryl methyl sites for hydroxylation is 1. The Balaban J connectivity index is 3.31. The highest BCUT2D eigenvalue weighted by Crippen LogP contribution is 2.02. The molecule has 0 bridgehead atoms. The second-order valence-corrected chi connectivity index (χ2v) is 2.37. The maximum Gasteiger partial charge on any atom is 0.252 e. The summed E-state index contributed by atoms with van der Waals surface area (Å²) in [6.45, 7) is 1.87. The van der Waals surface area contributed by atoms with Gasteiger partial charge in [-0.25, -0.2) is 0 Å². The molecule has 1 aromatic rings. The number of hydrogen-bond acceptors (Lipinski definition) is 1. The Morgan fingerprint density at radius 1 is 1.70 bits per heavy atom. The van der Waals surface area contributed by atoms with Crippen molar-refractivity contribution in [1.82, 2.24) is 4.98 Å². The molecule has 0 unspecified atom stereocenters. The topological polar surface area (TPSA) is 32.9 Å². The Labute approximate surface area is 63.8 Å². The van der Waals surface area contributed by atoms with Crippen LogP contribution in [0, 0.1) is 6.92 Å². The second-order valence-electron chi connectivity index (χ2n) is 2.10. The lowest BCUT2D eigenvalue weighted by Gasteiger charge is -1.96. The number of halogens is 1. The first kappa shape index (κ1) is 7.35. The van der Waals surface area contributed by atoms with Crippen molar-refractivity contribution in [1.29, 1.82) is 0 Å². The summed E-state index contributed by atoms with van der Waals surface area (Å²) in [7, 11) is 0. The van der Waals surface area contributed by atoms with Crippen molar-refractivity contribution in [3.63, 3.8) is 0 Å². The fraction of sp³-hybridized carbons (Fsp3) is 0.286. The van der Waals surface area contributed by atoms with Crippen LogP contribution in [0.2, 0.25) is 0 Å². The lowest BCUT2D eigenvalue weighted by Crippen LogP contribution is -2.11. The van der Waals surface area contributed by atoms with Gasteiger partial charge in [-0.05, 0) is 18.6 Å². The predicted molar refractivity (Wildman–Crippen MR) is 41.4 cm³/mol. The summed E-state index contributed by atoms with van der Waals surface area (Å²) in [5.41, 5.74) is 1.51. The average molecular weight is 158 g/mol. The van der Waals surface area contributed by atoms with Crippen LogP contribution in [-0.4, -0.2) is 4.98 Å². The number of alkyl halides is 1. The minimum Gasteiger partial charge on any atom is -0.329 e. The number of hydrogen-bond donors (Lipinski definition) is 1. The van der Waals surface area contributed by atoms with Crippen LogP contribution in [0.1, 0.15) is 11.1 Å². The summed E-state index contributed by atoms with van der Waals surface area (Å²) in [6.07, 6.45) is 1.62. The van der Waals surface area contributed by atoms with E-state index in [0.29, 0.717) is 5.56 Å². The molecule has 1 heterocycles. The highest BCUT2D eigenvalue weighted by Gasteiger charge is 1.98. The Kier molecular flexibility index (Phi) is 2.12. The van der Waals surface area contributed by atoms with Crippen molar-refractivity contribution in [2.75, 3.05) is 0 Å². The zero-order valence-corrected chi connectivity index (χ0v) is 6.40. The van der Waals surface area contributed by atoms with Gasteiger partial charge in [0.15, 0.2) is 0 Å². The highest BCUT2D eigenvalue weighted by molar-refractivity contribution is 6.17. The van der Waals surface area contributed by atoms with Gasteiger partial charge in [-0.1, -0.05) is 0 Å². The number of rotatable bonds is 1. The van der Waals surface area contributed by atoms with E-state index in [1.54, 1.807) is 6.20 Å². The molecule has 0 aromatic carbocycles. The summed E-state index contributed by atoms with van der Waals surface area (Å²) in [4.78, 5) is 13.5. The molecule has 0 aliphatic heterocycles. The standard InChI is InChI=1S/C7H8ClNO/c1-5-2-3-9-7(10)6(5)4-8/h2-3H,4H2,1H3,(H,9,10). The van der Waals surface area contributed by atoms with E-state index in [4.69, 9.17) is 11.6 Å². The molecule has 3 heteroatoms. The summed E-state index contributed by atoms with van der Waals surface area (Å²) < 4.78 is 0. The molecule has 1 aromatic heterocycles. The van der Waals surface area contributed by atoms with E-state index in [-0.39, 0.29) is 11.4 Å². The minimum absolute atomic E-state index is 0.0880. The molecule has 0 spiro atoms. The molecule has 0 atom stereocenters. The smallest absolute Gasteiger partial charge is 0.252 e. The third-order valence-corrected chi connectivity index (χ3v) is 1.70. The van der Waals surface area contributed by atoms with Gasteiger partial charge in [-0.3, -0.25) is 4.79 Å². The van der Waals surface area contributed by atoms with Crippen LogP contribution in [0.25, 0.3) is 0 Å². The summed E-state index contributed by atoms with van der Waals surface area (Å²) in [6, 6.07) is 1.83. The van der Waals surface area contributed by atoms with E-state index in [2.05, 4.69) is 4.98 Å². The third kappa shape index (κ3) is 1.21. The van der Waals surface area contributed by atoms with E-state index in [1.165, 1.54) is 0 Å². The van der Waals surface area contributed by atoms with E-state index >= 15 is 0 Å². The highest BCUT2D eigenvalue weighted by atomic mass is 35.5. The molecule has 0 radical (unpaired) electrons. The summed E-state index contributed by atoms with van der Waals surface area (Å²) in [5, 5.41) is 0.